The van der Waals surface area contributed by atoms with Crippen molar-refractivity contribution in [1.29, 1.82) is 0 Å². The summed E-state index contributed by atoms with van der Waals surface area (Å²) >= 11 is 1.22. The predicted molar refractivity (Wildman–Crippen MR) is 107 cm³/mol. The number of amides is 2. The van der Waals surface area contributed by atoms with Crippen LogP contribution < -0.4 is 15.8 Å². The fourth-order valence-corrected chi connectivity index (χ4v) is 2.96. The molecule has 28 heavy (non-hydrogen) atoms. The third-order valence-electron chi connectivity index (χ3n) is 3.55. The van der Waals surface area contributed by atoms with Crippen molar-refractivity contribution < 1.29 is 23.9 Å². The number of ether oxygens (including phenoxy) is 2. The normalized spacial score (nSPS) is 10.2. The molecule has 2 rings (SSSR count). The molecule has 0 radical (unpaired) electrons. The van der Waals surface area contributed by atoms with Gasteiger partial charge in [-0.2, -0.15) is 0 Å². The van der Waals surface area contributed by atoms with Crippen LogP contribution >= 0.6 is 11.8 Å². The lowest BCUT2D eigenvalue weighted by molar-refractivity contribution is -0.147. The number of carbonyl (C=O) groups is 3. The lowest BCUT2D eigenvalue weighted by Gasteiger charge is -2.11. The molecule has 0 fully saturated rings. The highest BCUT2D eigenvalue weighted by atomic mass is 32.2. The monoisotopic (exact) mass is 402 g/mol. The van der Waals surface area contributed by atoms with Gasteiger partial charge in [0, 0.05) is 4.90 Å². The van der Waals surface area contributed by atoms with Crippen molar-refractivity contribution in [2.24, 2.45) is 5.73 Å². The van der Waals surface area contributed by atoms with Gasteiger partial charge in [-0.05, 0) is 30.7 Å². The van der Waals surface area contributed by atoms with Gasteiger partial charge in [0.05, 0.1) is 24.5 Å². The highest BCUT2D eigenvalue weighted by molar-refractivity contribution is 8.00. The van der Waals surface area contributed by atoms with E-state index in [1.807, 2.05) is 31.2 Å². The maximum Gasteiger partial charge on any atom is 0.309 e. The smallest absolute Gasteiger partial charge is 0.309 e. The molecular formula is C20H22N2O5S. The summed E-state index contributed by atoms with van der Waals surface area (Å²) in [6.45, 7) is 1.67. The molecule has 0 heterocycles. The van der Waals surface area contributed by atoms with E-state index in [1.165, 1.54) is 11.8 Å². The highest BCUT2D eigenvalue weighted by Crippen LogP contribution is 2.26. The van der Waals surface area contributed by atoms with Gasteiger partial charge in [0.15, 0.2) is 6.61 Å². The first-order valence-electron chi connectivity index (χ1n) is 8.59. The molecule has 7 nitrogen and oxygen atoms in total. The molecule has 2 amide bonds. The number of carbonyl (C=O) groups excluding carboxylic acids is 3. The van der Waals surface area contributed by atoms with Crippen molar-refractivity contribution in [1.82, 2.24) is 0 Å². The van der Waals surface area contributed by atoms with Crippen LogP contribution in [0.4, 0.5) is 5.69 Å². The van der Waals surface area contributed by atoms with E-state index < -0.39 is 24.4 Å². The molecule has 148 valence electrons. The van der Waals surface area contributed by atoms with Crippen molar-refractivity contribution >= 4 is 35.2 Å². The predicted octanol–water partition coefficient (Wildman–Crippen LogP) is 2.52. The number of primary amides is 1. The number of aryl methyl sites for hydroxylation is 1. The van der Waals surface area contributed by atoms with E-state index >= 15 is 0 Å². The minimum Gasteiger partial charge on any atom is -0.493 e. The Balaban J connectivity index is 1.74. The largest absolute Gasteiger partial charge is 0.493 e. The first-order chi connectivity index (χ1) is 13.5. The second kappa shape index (κ2) is 11.0. The van der Waals surface area contributed by atoms with Gasteiger partial charge in [-0.1, -0.05) is 30.3 Å². The zero-order valence-electron chi connectivity index (χ0n) is 15.5. The molecule has 2 aromatic rings. The number of esters is 1. The second-order valence-corrected chi connectivity index (χ2v) is 6.84. The summed E-state index contributed by atoms with van der Waals surface area (Å²) in [7, 11) is 0. The molecular weight excluding hydrogens is 380 g/mol. The Morgan fingerprint density at radius 3 is 2.54 bits per heavy atom. The van der Waals surface area contributed by atoms with E-state index in [2.05, 4.69) is 5.32 Å². The third kappa shape index (κ3) is 7.32. The third-order valence-corrected chi connectivity index (χ3v) is 4.65. The molecule has 0 saturated carbocycles. The van der Waals surface area contributed by atoms with Crippen LogP contribution in [0.2, 0.25) is 0 Å². The van der Waals surface area contributed by atoms with Crippen LogP contribution in [-0.2, 0) is 19.1 Å². The van der Waals surface area contributed by atoms with Gasteiger partial charge < -0.3 is 20.5 Å². The number of rotatable bonds is 10. The summed E-state index contributed by atoms with van der Waals surface area (Å²) in [5.41, 5.74) is 6.64. The van der Waals surface area contributed by atoms with Crippen LogP contribution in [0.15, 0.2) is 53.4 Å². The summed E-state index contributed by atoms with van der Waals surface area (Å²) in [5, 5.41) is 2.66. The van der Waals surface area contributed by atoms with E-state index in [1.54, 1.807) is 24.3 Å². The first-order valence-corrected chi connectivity index (χ1v) is 9.58. The quantitative estimate of drug-likeness (QED) is 0.467. The molecule has 8 heteroatoms. The average molecular weight is 402 g/mol. The number of para-hydroxylation sites is 2. The molecule has 0 bridgehead atoms. The summed E-state index contributed by atoms with van der Waals surface area (Å²) < 4.78 is 10.5. The minimum atomic E-state index is -0.528. The van der Waals surface area contributed by atoms with Crippen molar-refractivity contribution in [3.05, 3.63) is 54.1 Å². The molecule has 0 unspecified atom stereocenters. The number of nitrogens with two attached hydrogens (primary N) is 1. The number of nitrogens with one attached hydrogen (secondary N) is 1. The van der Waals surface area contributed by atoms with E-state index in [4.69, 9.17) is 15.2 Å². The van der Waals surface area contributed by atoms with Crippen molar-refractivity contribution in [3.8, 4) is 5.75 Å². The maximum absolute atomic E-state index is 12.0. The van der Waals surface area contributed by atoms with E-state index in [0.717, 1.165) is 5.56 Å². The van der Waals surface area contributed by atoms with Crippen LogP contribution in [0.5, 0.6) is 5.75 Å². The Kier molecular flexibility index (Phi) is 8.36. The van der Waals surface area contributed by atoms with Crippen LogP contribution in [-0.4, -0.2) is 36.8 Å². The minimum absolute atomic E-state index is 0.0344. The number of anilines is 1. The summed E-state index contributed by atoms with van der Waals surface area (Å²) in [4.78, 5) is 35.4. The first kappa shape index (κ1) is 21.3. The molecule has 0 aliphatic rings. The van der Waals surface area contributed by atoms with Crippen LogP contribution in [0.1, 0.15) is 12.0 Å². The molecule has 3 N–H and O–H groups in total. The van der Waals surface area contributed by atoms with Crippen molar-refractivity contribution in [2.45, 2.75) is 18.2 Å². The van der Waals surface area contributed by atoms with E-state index in [-0.39, 0.29) is 18.8 Å². The van der Waals surface area contributed by atoms with Crippen LogP contribution in [0, 0.1) is 6.92 Å². The van der Waals surface area contributed by atoms with Gasteiger partial charge in [0.1, 0.15) is 5.75 Å². The summed E-state index contributed by atoms with van der Waals surface area (Å²) in [5.74, 6) is -0.644. The fourth-order valence-electron chi connectivity index (χ4n) is 2.21. The molecule has 0 aliphatic heterocycles. The Morgan fingerprint density at radius 2 is 1.79 bits per heavy atom. The van der Waals surface area contributed by atoms with Gasteiger partial charge in [-0.25, -0.2) is 0 Å². The summed E-state index contributed by atoms with van der Waals surface area (Å²) in [6.07, 6.45) is 0.0344. The maximum atomic E-state index is 12.0. The Bertz CT molecular complexity index is 841. The Hall–Kier alpha value is -3.00. The van der Waals surface area contributed by atoms with Gasteiger partial charge in [0.2, 0.25) is 5.91 Å². The molecule has 0 aliphatic carbocycles. The number of hydrogen-bond donors (Lipinski definition) is 2. The molecule has 0 saturated heterocycles. The standard InChI is InChI=1S/C20H22N2O5S/c1-14-6-2-4-8-16(14)26-11-10-20(25)27-12-19(24)22-15-7-3-5-9-17(15)28-13-18(21)23/h2-9H,10-13H2,1H3,(H2,21,23)(H,22,24). The van der Waals surface area contributed by atoms with Crippen LogP contribution in [0.3, 0.4) is 0 Å². The molecule has 0 aromatic heterocycles. The van der Waals surface area contributed by atoms with Gasteiger partial charge in [-0.3, -0.25) is 14.4 Å². The highest BCUT2D eigenvalue weighted by Gasteiger charge is 2.11. The van der Waals surface area contributed by atoms with Gasteiger partial charge in [0.25, 0.3) is 5.91 Å². The molecule has 0 atom stereocenters. The average Bonchev–Trinajstić information content (AvgIpc) is 2.67. The van der Waals surface area contributed by atoms with E-state index in [0.29, 0.717) is 16.3 Å². The zero-order chi connectivity index (χ0) is 20.4. The lowest BCUT2D eigenvalue weighted by Crippen LogP contribution is -2.22. The fraction of sp³-hybridized carbons (Fsp3) is 0.250. The topological polar surface area (TPSA) is 108 Å². The lowest BCUT2D eigenvalue weighted by atomic mass is 10.2. The van der Waals surface area contributed by atoms with Crippen molar-refractivity contribution in [2.75, 3.05) is 24.3 Å². The SMILES string of the molecule is Cc1ccccc1OCCC(=O)OCC(=O)Nc1ccccc1SCC(N)=O. The second-order valence-electron chi connectivity index (χ2n) is 5.82. The molecule has 0 spiro atoms. The summed E-state index contributed by atoms with van der Waals surface area (Å²) in [6, 6.07) is 14.5. The number of benzene rings is 2. The van der Waals surface area contributed by atoms with Gasteiger partial charge in [-0.15, -0.1) is 11.8 Å². The number of hydrogen-bond acceptors (Lipinski definition) is 6. The number of thioether (sulfide) groups is 1. The Morgan fingerprint density at radius 1 is 1.07 bits per heavy atom. The van der Waals surface area contributed by atoms with Crippen LogP contribution in [0.25, 0.3) is 0 Å². The van der Waals surface area contributed by atoms with Gasteiger partial charge >= 0.3 is 5.97 Å². The Labute approximate surface area is 167 Å². The van der Waals surface area contributed by atoms with Crippen molar-refractivity contribution in [3.63, 3.8) is 0 Å². The van der Waals surface area contributed by atoms with E-state index in [9.17, 15) is 14.4 Å². The zero-order valence-corrected chi connectivity index (χ0v) is 16.3. The molecule has 2 aromatic carbocycles.